The van der Waals surface area contributed by atoms with Gasteiger partial charge in [0.05, 0.1) is 18.1 Å². The molecule has 0 unspecified atom stereocenters. The van der Waals surface area contributed by atoms with Gasteiger partial charge in [-0.05, 0) is 48.9 Å². The topological polar surface area (TPSA) is 99.9 Å². The molecule has 0 aliphatic rings. The Morgan fingerprint density at radius 1 is 0.906 bits per heavy atom. The molecule has 1 aromatic heterocycles. The van der Waals surface area contributed by atoms with Gasteiger partial charge in [-0.25, -0.2) is 9.59 Å². The number of ether oxygens (including phenoxy) is 1. The smallest absolute Gasteiger partial charge is 0.348 e. The van der Waals surface area contributed by atoms with E-state index in [0.29, 0.717) is 10.9 Å². The molecule has 1 heterocycles. The highest BCUT2D eigenvalue weighted by Crippen LogP contribution is 2.36. The summed E-state index contributed by atoms with van der Waals surface area (Å²) in [6.45, 7) is 1.84. The molecule has 0 N–H and O–H groups in total. The lowest BCUT2D eigenvalue weighted by Crippen LogP contribution is -2.14. The molecule has 0 bridgehead atoms. The maximum absolute atomic E-state index is 13.0. The third-order valence-corrected chi connectivity index (χ3v) is 6.10. The fourth-order valence-corrected chi connectivity index (χ4v) is 4.17. The molecule has 0 amide bonds. The van der Waals surface area contributed by atoms with Crippen molar-refractivity contribution in [1.29, 1.82) is 0 Å². The van der Waals surface area contributed by atoms with E-state index < -0.39 is 21.7 Å². The van der Waals surface area contributed by atoms with Crippen LogP contribution in [0.1, 0.15) is 15.9 Å². The third kappa shape index (κ3) is 4.00. The second-order valence-corrected chi connectivity index (χ2v) is 8.56. The molecule has 0 atom stereocenters. The first-order chi connectivity index (χ1) is 15.3. The van der Waals surface area contributed by atoms with Crippen molar-refractivity contribution in [3.05, 3.63) is 94.3 Å². The maximum atomic E-state index is 13.0. The van der Waals surface area contributed by atoms with Gasteiger partial charge in [-0.1, -0.05) is 42.0 Å². The monoisotopic (exact) mass is 450 g/mol. The Labute approximate surface area is 184 Å². The van der Waals surface area contributed by atoms with E-state index in [-0.39, 0.29) is 27.4 Å². The maximum Gasteiger partial charge on any atom is 0.348 e. The largest absolute Gasteiger partial charge is 0.465 e. The highest BCUT2D eigenvalue weighted by atomic mass is 32.2. The number of carbonyl (C=O) groups excluding carboxylic acids is 1. The van der Waals surface area contributed by atoms with Gasteiger partial charge in [0.15, 0.2) is 5.75 Å². The van der Waals surface area contributed by atoms with Crippen LogP contribution in [0.5, 0.6) is 5.75 Å². The molecule has 7 nitrogen and oxygen atoms in total. The summed E-state index contributed by atoms with van der Waals surface area (Å²) < 4.78 is 41.6. The van der Waals surface area contributed by atoms with Gasteiger partial charge in [0.25, 0.3) is 0 Å². The molecule has 3 aromatic carbocycles. The van der Waals surface area contributed by atoms with Gasteiger partial charge in [0.2, 0.25) is 0 Å². The highest BCUT2D eigenvalue weighted by Gasteiger charge is 2.25. The number of rotatable bonds is 5. The molecule has 0 fully saturated rings. The number of benzene rings is 3. The zero-order chi connectivity index (χ0) is 22.9. The van der Waals surface area contributed by atoms with Crippen LogP contribution in [-0.2, 0) is 14.9 Å². The number of fused-ring (bicyclic) bond motifs is 1. The van der Waals surface area contributed by atoms with Crippen molar-refractivity contribution in [2.45, 2.75) is 11.8 Å². The number of methoxy groups -OCH3 is 1. The second kappa shape index (κ2) is 8.32. The molecule has 4 rings (SSSR count). The number of aryl methyl sites for hydroxylation is 1. The van der Waals surface area contributed by atoms with E-state index in [4.69, 9.17) is 8.60 Å². The van der Waals surface area contributed by atoms with Crippen LogP contribution in [0.3, 0.4) is 0 Å². The van der Waals surface area contributed by atoms with E-state index in [1.54, 1.807) is 36.4 Å². The van der Waals surface area contributed by atoms with Crippen LogP contribution in [-0.4, -0.2) is 21.5 Å². The molecule has 0 radical (unpaired) electrons. The third-order valence-electron chi connectivity index (χ3n) is 4.86. The van der Waals surface area contributed by atoms with E-state index >= 15 is 0 Å². The first kappa shape index (κ1) is 21.3. The van der Waals surface area contributed by atoms with Gasteiger partial charge >= 0.3 is 21.7 Å². The first-order valence-electron chi connectivity index (χ1n) is 9.56. The van der Waals surface area contributed by atoms with Crippen LogP contribution >= 0.6 is 0 Å². The minimum Gasteiger partial charge on any atom is -0.465 e. The minimum absolute atomic E-state index is 0.0487. The summed E-state index contributed by atoms with van der Waals surface area (Å²) in [6.07, 6.45) is 0. The molecule has 0 saturated heterocycles. The second-order valence-electron chi connectivity index (χ2n) is 7.01. The SMILES string of the molecule is COC(=O)c1ccc(-c2c(OS(=O)(=O)c3ccc(C)cc3)c3ccccc3oc2=O)cc1. The number of para-hydroxylation sites is 1. The van der Waals surface area contributed by atoms with Crippen LogP contribution in [0.15, 0.2) is 86.9 Å². The summed E-state index contributed by atoms with van der Waals surface area (Å²) >= 11 is 0. The predicted molar refractivity (Wildman–Crippen MR) is 118 cm³/mol. The van der Waals surface area contributed by atoms with Crippen molar-refractivity contribution in [3.63, 3.8) is 0 Å². The van der Waals surface area contributed by atoms with Gasteiger partial charge in [-0.3, -0.25) is 0 Å². The van der Waals surface area contributed by atoms with Crippen molar-refractivity contribution in [3.8, 4) is 16.9 Å². The van der Waals surface area contributed by atoms with Crippen LogP contribution in [0, 0.1) is 6.92 Å². The van der Waals surface area contributed by atoms with Gasteiger partial charge in [-0.15, -0.1) is 0 Å². The van der Waals surface area contributed by atoms with E-state index in [1.807, 2.05) is 6.92 Å². The Morgan fingerprint density at radius 2 is 1.56 bits per heavy atom. The Morgan fingerprint density at radius 3 is 2.22 bits per heavy atom. The Bertz CT molecular complexity index is 1470. The predicted octanol–water partition coefficient (Wildman–Crippen LogP) is 4.32. The average molecular weight is 450 g/mol. The fraction of sp³-hybridized carbons (Fsp3) is 0.0833. The van der Waals surface area contributed by atoms with Crippen LogP contribution < -0.4 is 9.81 Å². The molecule has 0 saturated carbocycles. The van der Waals surface area contributed by atoms with Crippen molar-refractivity contribution < 1.29 is 26.5 Å². The molecule has 162 valence electrons. The Kier molecular flexibility index (Phi) is 5.54. The van der Waals surface area contributed by atoms with Crippen molar-refractivity contribution in [2.75, 3.05) is 7.11 Å². The van der Waals surface area contributed by atoms with E-state index in [9.17, 15) is 18.0 Å². The summed E-state index contributed by atoms with van der Waals surface area (Å²) in [7, 11) is -2.99. The van der Waals surface area contributed by atoms with Gasteiger partial charge in [0.1, 0.15) is 16.0 Å². The molecular formula is C24H18O7S. The van der Waals surface area contributed by atoms with Gasteiger partial charge < -0.3 is 13.3 Å². The van der Waals surface area contributed by atoms with E-state index in [0.717, 1.165) is 5.56 Å². The zero-order valence-electron chi connectivity index (χ0n) is 17.2. The normalized spacial score (nSPS) is 11.3. The molecule has 0 aliphatic heterocycles. The highest BCUT2D eigenvalue weighted by molar-refractivity contribution is 7.87. The lowest BCUT2D eigenvalue weighted by Gasteiger charge is -2.13. The first-order valence-corrected chi connectivity index (χ1v) is 11.0. The summed E-state index contributed by atoms with van der Waals surface area (Å²) in [5, 5.41) is 0.315. The Hall–Kier alpha value is -3.91. The van der Waals surface area contributed by atoms with Gasteiger partial charge in [-0.2, -0.15) is 8.42 Å². The zero-order valence-corrected chi connectivity index (χ0v) is 18.0. The molecular weight excluding hydrogens is 432 g/mol. The number of hydrogen-bond acceptors (Lipinski definition) is 7. The molecule has 4 aromatic rings. The summed E-state index contributed by atoms with van der Waals surface area (Å²) in [6, 6.07) is 18.6. The standard InChI is InChI=1S/C24H18O7S/c1-15-7-13-18(14-8-15)32(27,28)31-22-19-5-3-4-6-20(19)30-24(26)21(22)16-9-11-17(12-10-16)23(25)29-2/h3-14H,1-2H3. The Balaban J connectivity index is 1.91. The van der Waals surface area contributed by atoms with Crippen LogP contribution in [0.2, 0.25) is 0 Å². The summed E-state index contributed by atoms with van der Waals surface area (Å²) in [5.74, 6) is -0.691. The quantitative estimate of drug-likeness (QED) is 0.254. The molecule has 32 heavy (non-hydrogen) atoms. The van der Waals surface area contributed by atoms with E-state index in [1.165, 1.54) is 43.5 Å². The summed E-state index contributed by atoms with van der Waals surface area (Å²) in [4.78, 5) is 24.5. The lowest BCUT2D eigenvalue weighted by molar-refractivity contribution is 0.0600. The number of carbonyl (C=O) groups is 1. The number of esters is 1. The van der Waals surface area contributed by atoms with Gasteiger partial charge in [0, 0.05) is 0 Å². The van der Waals surface area contributed by atoms with Crippen molar-refractivity contribution >= 4 is 27.1 Å². The molecule has 8 heteroatoms. The minimum atomic E-state index is -4.25. The van der Waals surface area contributed by atoms with E-state index in [2.05, 4.69) is 4.74 Å². The van der Waals surface area contributed by atoms with Crippen LogP contribution in [0.25, 0.3) is 22.1 Å². The summed E-state index contributed by atoms with van der Waals surface area (Å²) in [5.41, 5.74) is 0.824. The fourth-order valence-electron chi connectivity index (χ4n) is 3.21. The number of hydrogen-bond donors (Lipinski definition) is 0. The lowest BCUT2D eigenvalue weighted by atomic mass is 10.0. The van der Waals surface area contributed by atoms with Crippen molar-refractivity contribution in [2.24, 2.45) is 0 Å². The van der Waals surface area contributed by atoms with Crippen LogP contribution in [0.4, 0.5) is 0 Å². The molecule has 0 spiro atoms. The average Bonchev–Trinajstić information content (AvgIpc) is 2.79. The van der Waals surface area contributed by atoms with Crippen molar-refractivity contribution in [1.82, 2.24) is 0 Å². The molecule has 0 aliphatic carbocycles.